The smallest absolute Gasteiger partial charge is 0.256 e. The first-order valence-corrected chi connectivity index (χ1v) is 7.11. The van der Waals surface area contributed by atoms with Crippen molar-refractivity contribution in [2.45, 2.75) is 26.1 Å². The Kier molecular flexibility index (Phi) is 3.63. The van der Waals surface area contributed by atoms with Gasteiger partial charge in [0.1, 0.15) is 18.4 Å². The van der Waals surface area contributed by atoms with Crippen LogP contribution in [0.2, 0.25) is 0 Å². The molecule has 1 heterocycles. The van der Waals surface area contributed by atoms with E-state index in [1.54, 1.807) is 13.8 Å². The summed E-state index contributed by atoms with van der Waals surface area (Å²) in [4.78, 5) is 12.0. The van der Waals surface area contributed by atoms with E-state index in [1.165, 1.54) is 6.26 Å². The molecule has 2 aromatic carbocycles. The molecule has 2 N–H and O–H groups in total. The fourth-order valence-corrected chi connectivity index (χ4v) is 2.42. The Morgan fingerprint density at radius 1 is 1.18 bits per heavy atom. The van der Waals surface area contributed by atoms with Gasteiger partial charge in [-0.2, -0.15) is 0 Å². The molecule has 0 bridgehead atoms. The summed E-state index contributed by atoms with van der Waals surface area (Å²) in [5.74, 6) is -0.476. The molecule has 22 heavy (non-hydrogen) atoms. The highest BCUT2D eigenvalue weighted by Gasteiger charge is 2.34. The summed E-state index contributed by atoms with van der Waals surface area (Å²) in [5.41, 5.74) is 6.39. The number of nitrogens with one attached hydrogen (secondary N) is 2. The second kappa shape index (κ2) is 5.60. The summed E-state index contributed by atoms with van der Waals surface area (Å²) in [6.45, 7) is 3.52. The summed E-state index contributed by atoms with van der Waals surface area (Å²) in [6.07, 6.45) is 1.62. The van der Waals surface area contributed by atoms with Crippen LogP contribution in [-0.2, 0) is 14.3 Å². The van der Waals surface area contributed by atoms with Crippen LogP contribution in [0.4, 0.5) is 5.69 Å². The van der Waals surface area contributed by atoms with Gasteiger partial charge in [0, 0.05) is 6.92 Å². The Balaban J connectivity index is 1.58. The first-order valence-electron chi connectivity index (χ1n) is 7.11. The average molecular weight is 298 g/mol. The summed E-state index contributed by atoms with van der Waals surface area (Å²) in [6, 6.07) is 13.9. The van der Waals surface area contributed by atoms with Gasteiger partial charge in [-0.3, -0.25) is 15.6 Å². The molecule has 114 valence electrons. The van der Waals surface area contributed by atoms with E-state index in [2.05, 4.69) is 10.9 Å². The van der Waals surface area contributed by atoms with Gasteiger partial charge in [-0.25, -0.2) is 0 Å². The molecule has 5 nitrogen and oxygen atoms in total. The summed E-state index contributed by atoms with van der Waals surface area (Å²) in [5, 5.41) is 2.26. The minimum absolute atomic E-state index is 0.0986. The molecule has 1 amide bonds. The number of rotatable bonds is 4. The topological polar surface area (TPSA) is 59.6 Å². The monoisotopic (exact) mass is 298 g/mol. The lowest BCUT2D eigenvalue weighted by molar-refractivity contribution is -0.153. The van der Waals surface area contributed by atoms with Crippen molar-refractivity contribution in [1.29, 1.82) is 0 Å². The van der Waals surface area contributed by atoms with Crippen molar-refractivity contribution in [3.63, 3.8) is 0 Å². The number of anilines is 1. The van der Waals surface area contributed by atoms with E-state index in [0.29, 0.717) is 5.76 Å². The van der Waals surface area contributed by atoms with E-state index < -0.39 is 5.79 Å². The molecule has 1 atom stereocenters. The van der Waals surface area contributed by atoms with Gasteiger partial charge in [-0.1, -0.05) is 30.3 Å². The van der Waals surface area contributed by atoms with Crippen LogP contribution in [0, 0.1) is 0 Å². The molecule has 0 saturated heterocycles. The van der Waals surface area contributed by atoms with E-state index in [0.717, 1.165) is 16.5 Å². The Morgan fingerprint density at radius 3 is 2.68 bits per heavy atom. The molecule has 0 aromatic heterocycles. The van der Waals surface area contributed by atoms with Gasteiger partial charge < -0.3 is 9.47 Å². The molecule has 0 aliphatic carbocycles. The number of hydrogen-bond donors (Lipinski definition) is 2. The molecule has 2 aromatic rings. The highest BCUT2D eigenvalue weighted by atomic mass is 16.7. The van der Waals surface area contributed by atoms with Crippen LogP contribution in [0.3, 0.4) is 0 Å². The molecule has 0 fully saturated rings. The molecule has 1 aliphatic heterocycles. The van der Waals surface area contributed by atoms with Crippen LogP contribution < -0.4 is 10.9 Å². The van der Waals surface area contributed by atoms with E-state index >= 15 is 0 Å². The highest BCUT2D eigenvalue weighted by molar-refractivity contribution is 5.86. The van der Waals surface area contributed by atoms with Crippen LogP contribution in [0.1, 0.15) is 20.3 Å². The quantitative estimate of drug-likeness (QED) is 0.850. The van der Waals surface area contributed by atoms with Gasteiger partial charge in [-0.05, 0) is 29.8 Å². The predicted octanol–water partition coefficient (Wildman–Crippen LogP) is 3.30. The van der Waals surface area contributed by atoms with Crippen molar-refractivity contribution in [2.24, 2.45) is 0 Å². The fourth-order valence-electron chi connectivity index (χ4n) is 2.42. The molecule has 0 spiro atoms. The lowest BCUT2D eigenvalue weighted by Gasteiger charge is -2.23. The fraction of sp³-hybridized carbons (Fsp3) is 0.235. The SMILES string of the molecule is CC1=COC(C)(CC(=O)NNc2ccc3ccccc3c2)O1. The number of amides is 1. The Hall–Kier alpha value is -2.69. The third-order valence-corrected chi connectivity index (χ3v) is 3.43. The summed E-state index contributed by atoms with van der Waals surface area (Å²) in [7, 11) is 0. The minimum Gasteiger partial charge on any atom is -0.456 e. The van der Waals surface area contributed by atoms with E-state index in [-0.39, 0.29) is 12.3 Å². The number of carbonyl (C=O) groups excluding carboxylic acids is 1. The van der Waals surface area contributed by atoms with E-state index in [1.807, 2.05) is 42.5 Å². The maximum absolute atomic E-state index is 12.0. The molecule has 3 rings (SSSR count). The number of allylic oxidation sites excluding steroid dienone is 1. The largest absolute Gasteiger partial charge is 0.456 e. The predicted molar refractivity (Wildman–Crippen MR) is 84.7 cm³/mol. The van der Waals surface area contributed by atoms with Crippen molar-refractivity contribution in [1.82, 2.24) is 5.43 Å². The van der Waals surface area contributed by atoms with E-state index in [4.69, 9.17) is 9.47 Å². The van der Waals surface area contributed by atoms with Gasteiger partial charge in [0.2, 0.25) is 5.91 Å². The van der Waals surface area contributed by atoms with Crippen molar-refractivity contribution in [3.8, 4) is 0 Å². The van der Waals surface area contributed by atoms with Gasteiger partial charge in [0.05, 0.1) is 5.69 Å². The first kappa shape index (κ1) is 14.3. The van der Waals surface area contributed by atoms with Gasteiger partial charge in [0.25, 0.3) is 5.79 Å². The number of benzene rings is 2. The van der Waals surface area contributed by atoms with Crippen LogP contribution in [-0.4, -0.2) is 11.7 Å². The average Bonchev–Trinajstić information content (AvgIpc) is 2.84. The third kappa shape index (κ3) is 3.14. The zero-order chi connectivity index (χ0) is 15.6. The summed E-state index contributed by atoms with van der Waals surface area (Å²) >= 11 is 0. The number of carbonyl (C=O) groups is 1. The molecular weight excluding hydrogens is 280 g/mol. The number of hydrogen-bond acceptors (Lipinski definition) is 4. The maximum atomic E-state index is 12.0. The molecule has 5 heteroatoms. The molecular formula is C17H18N2O3. The van der Waals surface area contributed by atoms with Gasteiger partial charge in [0.15, 0.2) is 0 Å². The molecule has 1 aliphatic rings. The van der Waals surface area contributed by atoms with Crippen molar-refractivity contribution in [2.75, 3.05) is 5.43 Å². The van der Waals surface area contributed by atoms with Crippen LogP contribution in [0.25, 0.3) is 10.8 Å². The molecule has 0 saturated carbocycles. The molecule has 1 unspecified atom stereocenters. The van der Waals surface area contributed by atoms with Crippen molar-refractivity contribution in [3.05, 3.63) is 54.5 Å². The Labute approximate surface area is 128 Å². The third-order valence-electron chi connectivity index (χ3n) is 3.43. The van der Waals surface area contributed by atoms with Gasteiger partial charge >= 0.3 is 0 Å². The Bertz CT molecular complexity index is 742. The van der Waals surface area contributed by atoms with Crippen molar-refractivity contribution >= 4 is 22.4 Å². The van der Waals surface area contributed by atoms with E-state index in [9.17, 15) is 4.79 Å². The number of ether oxygens (including phenoxy) is 2. The number of hydrazine groups is 1. The van der Waals surface area contributed by atoms with Crippen molar-refractivity contribution < 1.29 is 14.3 Å². The normalized spacial score (nSPS) is 20.0. The number of fused-ring (bicyclic) bond motifs is 1. The van der Waals surface area contributed by atoms with Crippen LogP contribution in [0.5, 0.6) is 0 Å². The Morgan fingerprint density at radius 2 is 1.95 bits per heavy atom. The lowest BCUT2D eigenvalue weighted by atomic mass is 10.1. The first-order chi connectivity index (χ1) is 10.5. The second-order valence-electron chi connectivity index (χ2n) is 5.49. The van der Waals surface area contributed by atoms with Crippen LogP contribution in [0.15, 0.2) is 54.5 Å². The standard InChI is InChI=1S/C17H18N2O3/c1-12-11-21-17(2,22-12)10-16(20)19-18-15-8-7-13-5-3-4-6-14(13)9-15/h3-9,11,18H,10H2,1-2H3,(H,19,20). The zero-order valence-electron chi connectivity index (χ0n) is 12.6. The highest BCUT2D eigenvalue weighted by Crippen LogP contribution is 2.27. The lowest BCUT2D eigenvalue weighted by Crippen LogP contribution is -2.38. The zero-order valence-corrected chi connectivity index (χ0v) is 12.6. The van der Waals surface area contributed by atoms with Crippen LogP contribution >= 0.6 is 0 Å². The van der Waals surface area contributed by atoms with Gasteiger partial charge in [-0.15, -0.1) is 0 Å². The minimum atomic E-state index is -0.931. The second-order valence-corrected chi connectivity index (χ2v) is 5.49. The summed E-state index contributed by atoms with van der Waals surface area (Å²) < 4.78 is 10.8. The maximum Gasteiger partial charge on any atom is 0.256 e. The molecule has 0 radical (unpaired) electrons.